The summed E-state index contributed by atoms with van der Waals surface area (Å²) in [6.07, 6.45) is -18.7. The van der Waals surface area contributed by atoms with E-state index < -0.39 is 114 Å². The van der Waals surface area contributed by atoms with Gasteiger partial charge in [0, 0.05) is 0 Å². The van der Waals surface area contributed by atoms with Crippen LogP contribution in [0.25, 0.3) is 6.08 Å². The SMILES string of the molecule is O=C1C(=C(O)/C=C/c2ccc(O)cc2)C(O)=C([C@H]2O[C@H](CO)[C@@H](O)[C@H](O)[C@H]2O)C(=O)[C@]1(O)[C@@H]1O[C@H](CO)[C@@H](O)[C@H](O)[C@H]1O. The van der Waals surface area contributed by atoms with Gasteiger partial charge in [-0.1, -0.05) is 18.2 Å². The number of allylic oxidation sites excluding steroid dienone is 2. The van der Waals surface area contributed by atoms with Gasteiger partial charge in [-0.25, -0.2) is 0 Å². The smallest absolute Gasteiger partial charge is 0.219 e. The maximum Gasteiger partial charge on any atom is 0.219 e. The van der Waals surface area contributed by atoms with Gasteiger partial charge in [0.25, 0.3) is 0 Å². The van der Waals surface area contributed by atoms with E-state index in [1.54, 1.807) is 0 Å². The molecule has 2 saturated heterocycles. The maximum atomic E-state index is 13.9. The standard InChI is InChI=1S/C27H32O16/c28-7-12-16(32)19(35)21(37)23(42-12)15-18(34)14(11(31)6-3-9-1-4-10(30)5-2-9)24(39)27(41,25(15)40)26-22(38)20(36)17(33)13(8-29)43-26/h1-6,12-13,16-17,19-23,26,28-38,41H,7-8H2/b6-3+,14-11?/t12-,13-,16-,17-,19+,20+,21-,22-,23-,26-,27+/m1/s1. The fourth-order valence-corrected chi connectivity index (χ4v) is 5.24. The molecule has 2 fully saturated rings. The van der Waals surface area contributed by atoms with E-state index in [4.69, 9.17) is 9.47 Å². The molecule has 12 N–H and O–H groups in total. The molecule has 43 heavy (non-hydrogen) atoms. The second-order valence-electron chi connectivity index (χ2n) is 10.4. The number of benzene rings is 1. The minimum absolute atomic E-state index is 0.0879. The maximum absolute atomic E-state index is 13.9. The van der Waals surface area contributed by atoms with Crippen LogP contribution in [0.5, 0.6) is 5.75 Å². The fourth-order valence-electron chi connectivity index (χ4n) is 5.24. The number of phenolic OH excluding ortho intramolecular Hbond substituents is 1. The van der Waals surface area contributed by atoms with Crippen LogP contribution < -0.4 is 0 Å². The number of ketones is 2. The van der Waals surface area contributed by atoms with Crippen molar-refractivity contribution in [3.05, 3.63) is 58.6 Å². The van der Waals surface area contributed by atoms with Gasteiger partial charge in [0.1, 0.15) is 83.9 Å². The van der Waals surface area contributed by atoms with Crippen LogP contribution >= 0.6 is 0 Å². The topological polar surface area (TPSA) is 295 Å². The predicted octanol–water partition coefficient (Wildman–Crippen LogP) is -4.40. The molecule has 0 bridgehead atoms. The number of carbonyl (C=O) groups excluding carboxylic acids is 2. The highest BCUT2D eigenvalue weighted by atomic mass is 16.6. The Morgan fingerprint density at radius 2 is 1.30 bits per heavy atom. The second-order valence-corrected chi connectivity index (χ2v) is 10.4. The fraction of sp³-hybridized carbons (Fsp3) is 0.481. The molecule has 1 aromatic carbocycles. The summed E-state index contributed by atoms with van der Waals surface area (Å²) in [6, 6.07) is 5.38. The zero-order chi connectivity index (χ0) is 32.0. The Kier molecular flexibility index (Phi) is 9.41. The lowest BCUT2D eigenvalue weighted by molar-refractivity contribution is -0.261. The number of aliphatic hydroxyl groups excluding tert-OH is 10. The molecule has 0 saturated carbocycles. The number of ether oxygens (including phenoxy) is 2. The molecule has 0 unspecified atom stereocenters. The van der Waals surface area contributed by atoms with Crippen molar-refractivity contribution in [3.63, 3.8) is 0 Å². The second kappa shape index (κ2) is 12.4. The molecular formula is C27H32O16. The Morgan fingerprint density at radius 1 is 0.767 bits per heavy atom. The van der Waals surface area contributed by atoms with E-state index in [1.165, 1.54) is 30.3 Å². The molecule has 236 valence electrons. The molecule has 16 nitrogen and oxygen atoms in total. The summed E-state index contributed by atoms with van der Waals surface area (Å²) < 4.78 is 10.6. The van der Waals surface area contributed by atoms with E-state index in [1.807, 2.05) is 0 Å². The van der Waals surface area contributed by atoms with Crippen LogP contribution in [0.15, 0.2) is 53.0 Å². The van der Waals surface area contributed by atoms with Crippen LogP contribution in [0, 0.1) is 0 Å². The van der Waals surface area contributed by atoms with Crippen LogP contribution in [0.2, 0.25) is 0 Å². The van der Waals surface area contributed by atoms with Crippen LogP contribution in [-0.2, 0) is 19.1 Å². The van der Waals surface area contributed by atoms with Crippen LogP contribution in [-0.4, -0.2) is 153 Å². The molecular weight excluding hydrogens is 580 g/mol. The van der Waals surface area contributed by atoms with E-state index in [9.17, 15) is 70.9 Å². The summed E-state index contributed by atoms with van der Waals surface area (Å²) in [5.41, 5.74) is -5.62. The highest BCUT2D eigenvalue weighted by Gasteiger charge is 2.65. The van der Waals surface area contributed by atoms with Crippen molar-refractivity contribution in [3.8, 4) is 5.75 Å². The van der Waals surface area contributed by atoms with E-state index >= 15 is 0 Å². The van der Waals surface area contributed by atoms with Gasteiger partial charge in [-0.05, 0) is 23.8 Å². The Bertz CT molecular complexity index is 1320. The molecule has 0 amide bonds. The number of carbonyl (C=O) groups is 2. The molecule has 4 rings (SSSR count). The number of rotatable bonds is 6. The summed E-state index contributed by atoms with van der Waals surface area (Å²) in [6.45, 7) is -1.99. The number of aliphatic hydroxyl groups is 11. The summed E-state index contributed by atoms with van der Waals surface area (Å²) in [4.78, 5) is 27.6. The Morgan fingerprint density at radius 3 is 1.86 bits per heavy atom. The molecule has 1 aromatic rings. The first kappa shape index (κ1) is 32.6. The van der Waals surface area contributed by atoms with Crippen LogP contribution in [0.3, 0.4) is 0 Å². The number of hydrogen-bond acceptors (Lipinski definition) is 16. The molecule has 0 spiro atoms. The summed E-state index contributed by atoms with van der Waals surface area (Å²) >= 11 is 0. The summed E-state index contributed by atoms with van der Waals surface area (Å²) in [7, 11) is 0. The van der Waals surface area contributed by atoms with Gasteiger partial charge < -0.3 is 70.8 Å². The third-order valence-corrected chi connectivity index (χ3v) is 7.72. The largest absolute Gasteiger partial charge is 0.508 e. The van der Waals surface area contributed by atoms with Crippen molar-refractivity contribution in [1.82, 2.24) is 0 Å². The van der Waals surface area contributed by atoms with E-state index in [0.717, 1.165) is 6.08 Å². The lowest BCUT2D eigenvalue weighted by Crippen LogP contribution is -2.72. The number of hydrogen-bond donors (Lipinski definition) is 12. The van der Waals surface area contributed by atoms with Gasteiger partial charge in [0.15, 0.2) is 0 Å². The zero-order valence-electron chi connectivity index (χ0n) is 22.2. The van der Waals surface area contributed by atoms with Crippen molar-refractivity contribution in [2.75, 3.05) is 13.2 Å². The summed E-state index contributed by atoms with van der Waals surface area (Å²) in [5.74, 6) is -6.12. The third kappa shape index (κ3) is 5.47. The third-order valence-electron chi connectivity index (χ3n) is 7.72. The van der Waals surface area contributed by atoms with Crippen molar-refractivity contribution in [2.24, 2.45) is 0 Å². The highest BCUT2D eigenvalue weighted by Crippen LogP contribution is 2.42. The minimum atomic E-state index is -3.63. The normalized spacial score (nSPS) is 40.3. The lowest BCUT2D eigenvalue weighted by atomic mass is 9.69. The number of aromatic hydroxyl groups is 1. The first-order valence-corrected chi connectivity index (χ1v) is 13.0. The van der Waals surface area contributed by atoms with Gasteiger partial charge in [0.2, 0.25) is 17.2 Å². The molecule has 16 heteroatoms. The average Bonchev–Trinajstić information content (AvgIpc) is 2.98. The molecule has 2 heterocycles. The molecule has 1 aliphatic carbocycles. The monoisotopic (exact) mass is 612 g/mol. The van der Waals surface area contributed by atoms with Gasteiger partial charge >= 0.3 is 0 Å². The first-order valence-electron chi connectivity index (χ1n) is 13.0. The van der Waals surface area contributed by atoms with Crippen molar-refractivity contribution >= 4 is 17.6 Å². The quantitative estimate of drug-likeness (QED) is 0.0820. The molecule has 0 aromatic heterocycles. The van der Waals surface area contributed by atoms with Gasteiger partial charge in [-0.3, -0.25) is 9.59 Å². The Labute approximate surface area is 242 Å². The average molecular weight is 613 g/mol. The van der Waals surface area contributed by atoms with E-state index in [2.05, 4.69) is 0 Å². The predicted molar refractivity (Wildman–Crippen MR) is 139 cm³/mol. The Hall–Kier alpha value is -3.26. The summed E-state index contributed by atoms with van der Waals surface area (Å²) in [5, 5.41) is 125. The Balaban J connectivity index is 1.92. The highest BCUT2D eigenvalue weighted by molar-refractivity contribution is 6.28. The minimum Gasteiger partial charge on any atom is -0.508 e. The van der Waals surface area contributed by atoms with Gasteiger partial charge in [-0.15, -0.1) is 0 Å². The van der Waals surface area contributed by atoms with Crippen molar-refractivity contribution in [2.45, 2.75) is 66.6 Å². The van der Waals surface area contributed by atoms with Crippen LogP contribution in [0.4, 0.5) is 0 Å². The molecule has 3 aliphatic rings. The van der Waals surface area contributed by atoms with E-state index in [-0.39, 0.29) is 5.75 Å². The number of Topliss-reactive ketones (excluding diaryl/α,β-unsaturated/α-hetero) is 2. The zero-order valence-corrected chi connectivity index (χ0v) is 22.2. The van der Waals surface area contributed by atoms with Gasteiger partial charge in [-0.2, -0.15) is 0 Å². The van der Waals surface area contributed by atoms with Crippen molar-refractivity contribution in [1.29, 1.82) is 0 Å². The molecule has 11 atom stereocenters. The van der Waals surface area contributed by atoms with E-state index in [0.29, 0.717) is 5.56 Å². The molecule has 2 aliphatic heterocycles. The van der Waals surface area contributed by atoms with Crippen molar-refractivity contribution < 1.29 is 80.3 Å². The lowest BCUT2D eigenvalue weighted by Gasteiger charge is -2.48. The molecule has 0 radical (unpaired) electrons. The number of phenols is 1. The van der Waals surface area contributed by atoms with Crippen LogP contribution in [0.1, 0.15) is 5.56 Å². The first-order chi connectivity index (χ1) is 20.2. The van der Waals surface area contributed by atoms with Gasteiger partial charge in [0.05, 0.1) is 18.8 Å².